The minimum atomic E-state index is -2.71. The van der Waals surface area contributed by atoms with Gasteiger partial charge < -0.3 is 9.80 Å². The Hall–Kier alpha value is -4.15. The third-order valence-corrected chi connectivity index (χ3v) is 6.70. The van der Waals surface area contributed by atoms with Crippen LogP contribution in [0.1, 0.15) is 32.4 Å². The second-order valence-corrected chi connectivity index (χ2v) is 9.84. The monoisotopic (exact) mass is 520 g/mol. The maximum Gasteiger partial charge on any atom is 0.333 e. The molecular formula is C27H30F2N8O. The number of carbonyl (C=O) groups excluding carboxylic acids is 1. The van der Waals surface area contributed by atoms with Crippen LogP contribution in [0, 0.1) is 5.92 Å². The standard InChI is InChI=1S/C27H30F2N8O/c1-18(2)10-25(38)35-8-6-34(7-9-35)24-5-4-19(13-31-24)23-11-20(22-15-33-37(17-22)27(28)29)16-36-26(23)21(12-30-3)14-32-36/h4-5,11,13-18,27H,3,6-10,12H2,1-2H3. The Balaban J connectivity index is 1.43. The lowest BCUT2D eigenvalue weighted by atomic mass is 10.0. The summed E-state index contributed by atoms with van der Waals surface area (Å²) in [7, 11) is 0. The smallest absolute Gasteiger partial charge is 0.333 e. The molecule has 1 fully saturated rings. The van der Waals surface area contributed by atoms with Gasteiger partial charge >= 0.3 is 6.55 Å². The van der Waals surface area contributed by atoms with Gasteiger partial charge in [0, 0.05) is 79.0 Å². The Morgan fingerprint density at radius 1 is 1.03 bits per heavy atom. The lowest BCUT2D eigenvalue weighted by Gasteiger charge is -2.35. The molecule has 0 atom stereocenters. The van der Waals surface area contributed by atoms with Gasteiger partial charge in [-0.05, 0) is 30.8 Å². The number of amides is 1. The molecule has 5 heterocycles. The summed E-state index contributed by atoms with van der Waals surface area (Å²) in [6.45, 7) is 8.21. The Morgan fingerprint density at radius 2 is 1.82 bits per heavy atom. The number of piperazine rings is 1. The second-order valence-electron chi connectivity index (χ2n) is 9.84. The normalized spacial score (nSPS) is 14.2. The fourth-order valence-electron chi connectivity index (χ4n) is 4.79. The summed E-state index contributed by atoms with van der Waals surface area (Å²) in [5.41, 5.74) is 4.73. The predicted molar refractivity (Wildman–Crippen MR) is 142 cm³/mol. The summed E-state index contributed by atoms with van der Waals surface area (Å²) in [4.78, 5) is 25.3. The fraction of sp³-hybridized carbons (Fsp3) is 0.370. The van der Waals surface area contributed by atoms with E-state index in [2.05, 4.69) is 40.7 Å². The molecule has 0 unspecified atom stereocenters. The quantitative estimate of drug-likeness (QED) is 0.318. The van der Waals surface area contributed by atoms with Crippen LogP contribution in [-0.4, -0.2) is 68.1 Å². The number of rotatable bonds is 8. The number of hydrogen-bond acceptors (Lipinski definition) is 6. The molecule has 1 amide bonds. The van der Waals surface area contributed by atoms with Crippen LogP contribution in [0.25, 0.3) is 27.8 Å². The highest BCUT2D eigenvalue weighted by molar-refractivity contribution is 5.86. The van der Waals surface area contributed by atoms with Crippen molar-refractivity contribution in [3.8, 4) is 22.3 Å². The molecule has 0 aromatic carbocycles. The molecule has 1 saturated heterocycles. The Labute approximate surface area is 219 Å². The van der Waals surface area contributed by atoms with E-state index in [-0.39, 0.29) is 5.91 Å². The molecule has 4 aromatic rings. The number of pyridine rings is 2. The van der Waals surface area contributed by atoms with Gasteiger partial charge in [-0.1, -0.05) is 13.8 Å². The van der Waals surface area contributed by atoms with E-state index in [1.807, 2.05) is 29.3 Å². The largest absolute Gasteiger partial charge is 0.353 e. The van der Waals surface area contributed by atoms with Crippen molar-refractivity contribution in [1.29, 1.82) is 0 Å². The van der Waals surface area contributed by atoms with Crippen LogP contribution in [0.5, 0.6) is 0 Å². The number of anilines is 1. The Bertz CT molecular complexity index is 1440. The van der Waals surface area contributed by atoms with Crippen LogP contribution >= 0.6 is 0 Å². The number of hydrogen-bond donors (Lipinski definition) is 0. The van der Waals surface area contributed by atoms with E-state index < -0.39 is 6.55 Å². The third kappa shape index (κ3) is 5.13. The molecule has 0 N–H and O–H groups in total. The molecule has 0 bridgehead atoms. The molecule has 1 aliphatic heterocycles. The molecule has 38 heavy (non-hydrogen) atoms. The van der Waals surface area contributed by atoms with Crippen molar-refractivity contribution in [2.75, 3.05) is 31.1 Å². The lowest BCUT2D eigenvalue weighted by molar-refractivity contribution is -0.132. The number of nitrogens with zero attached hydrogens (tertiary/aromatic N) is 8. The first-order valence-electron chi connectivity index (χ1n) is 12.6. The molecule has 4 aromatic heterocycles. The van der Waals surface area contributed by atoms with Gasteiger partial charge in [-0.2, -0.15) is 19.0 Å². The molecule has 198 valence electrons. The minimum absolute atomic E-state index is 0.205. The zero-order chi connectivity index (χ0) is 26.8. The van der Waals surface area contributed by atoms with Crippen LogP contribution in [0.4, 0.5) is 14.6 Å². The van der Waals surface area contributed by atoms with E-state index in [1.165, 1.54) is 12.4 Å². The van der Waals surface area contributed by atoms with Crippen LogP contribution in [0.3, 0.4) is 0 Å². The summed E-state index contributed by atoms with van der Waals surface area (Å²) in [6, 6.07) is 5.91. The SMILES string of the molecule is C=NCc1cnn2cc(-c3cnn(C(F)F)c3)cc(-c3ccc(N4CCN(C(=O)CC(C)C)CC4)nc3)c12. The molecular weight excluding hydrogens is 490 g/mol. The molecule has 1 aliphatic rings. The van der Waals surface area contributed by atoms with Crippen molar-refractivity contribution >= 4 is 24.0 Å². The number of carbonyl (C=O) groups is 1. The first kappa shape index (κ1) is 25.5. The van der Waals surface area contributed by atoms with Gasteiger partial charge in [0.15, 0.2) is 0 Å². The van der Waals surface area contributed by atoms with E-state index in [0.29, 0.717) is 47.8 Å². The highest BCUT2D eigenvalue weighted by Crippen LogP contribution is 2.33. The van der Waals surface area contributed by atoms with Gasteiger partial charge in [0.2, 0.25) is 5.91 Å². The average Bonchev–Trinajstić information content (AvgIpc) is 3.56. The van der Waals surface area contributed by atoms with Crippen molar-refractivity contribution in [2.45, 2.75) is 33.4 Å². The van der Waals surface area contributed by atoms with Gasteiger partial charge in [-0.3, -0.25) is 9.79 Å². The second kappa shape index (κ2) is 10.7. The number of alkyl halides is 2. The maximum atomic E-state index is 13.1. The zero-order valence-electron chi connectivity index (χ0n) is 21.5. The van der Waals surface area contributed by atoms with Crippen LogP contribution in [0.2, 0.25) is 0 Å². The maximum absolute atomic E-state index is 13.1. The van der Waals surface area contributed by atoms with E-state index >= 15 is 0 Å². The van der Waals surface area contributed by atoms with Gasteiger partial charge in [0.25, 0.3) is 0 Å². The van der Waals surface area contributed by atoms with E-state index in [1.54, 1.807) is 16.9 Å². The van der Waals surface area contributed by atoms with Gasteiger partial charge in [0.05, 0.1) is 24.5 Å². The Morgan fingerprint density at radius 3 is 2.45 bits per heavy atom. The fourth-order valence-corrected chi connectivity index (χ4v) is 4.79. The summed E-state index contributed by atoms with van der Waals surface area (Å²) in [5, 5.41) is 8.25. The predicted octanol–water partition coefficient (Wildman–Crippen LogP) is 4.55. The van der Waals surface area contributed by atoms with Crippen molar-refractivity contribution < 1.29 is 13.6 Å². The summed E-state index contributed by atoms with van der Waals surface area (Å²) in [5.74, 6) is 1.40. The minimum Gasteiger partial charge on any atom is -0.353 e. The van der Waals surface area contributed by atoms with Gasteiger partial charge in [-0.15, -0.1) is 0 Å². The number of aromatic nitrogens is 5. The topological polar surface area (TPSA) is 83.9 Å². The van der Waals surface area contributed by atoms with Crippen LogP contribution in [-0.2, 0) is 11.3 Å². The summed E-state index contributed by atoms with van der Waals surface area (Å²) >= 11 is 0. The van der Waals surface area contributed by atoms with Crippen molar-refractivity contribution in [3.63, 3.8) is 0 Å². The molecule has 0 radical (unpaired) electrons. The van der Waals surface area contributed by atoms with Crippen LogP contribution in [0.15, 0.2) is 54.2 Å². The number of halogens is 2. The van der Waals surface area contributed by atoms with Crippen LogP contribution < -0.4 is 4.90 Å². The lowest BCUT2D eigenvalue weighted by Crippen LogP contribution is -2.49. The van der Waals surface area contributed by atoms with Crippen molar-refractivity contribution in [3.05, 3.63) is 54.7 Å². The first-order valence-corrected chi connectivity index (χ1v) is 12.6. The number of fused-ring (bicyclic) bond motifs is 1. The molecule has 0 saturated carbocycles. The molecule has 0 aliphatic carbocycles. The molecule has 9 nitrogen and oxygen atoms in total. The zero-order valence-corrected chi connectivity index (χ0v) is 21.5. The first-order chi connectivity index (χ1) is 18.3. The van der Waals surface area contributed by atoms with E-state index in [4.69, 9.17) is 4.98 Å². The highest BCUT2D eigenvalue weighted by atomic mass is 19.3. The highest BCUT2D eigenvalue weighted by Gasteiger charge is 2.23. The van der Waals surface area contributed by atoms with Crippen molar-refractivity contribution in [1.82, 2.24) is 29.3 Å². The average molecular weight is 521 g/mol. The molecule has 5 rings (SSSR count). The van der Waals surface area contributed by atoms with E-state index in [0.717, 1.165) is 41.1 Å². The van der Waals surface area contributed by atoms with Gasteiger partial charge in [-0.25, -0.2) is 14.2 Å². The number of aliphatic imine (C=N–C) groups is 1. The summed E-state index contributed by atoms with van der Waals surface area (Å²) in [6.07, 6.45) is 8.65. The summed E-state index contributed by atoms with van der Waals surface area (Å²) < 4.78 is 28.6. The van der Waals surface area contributed by atoms with E-state index in [9.17, 15) is 13.6 Å². The van der Waals surface area contributed by atoms with Crippen molar-refractivity contribution in [2.24, 2.45) is 10.9 Å². The Kier molecular flexibility index (Phi) is 7.17. The molecule has 11 heteroatoms. The van der Waals surface area contributed by atoms with Gasteiger partial charge in [0.1, 0.15) is 5.82 Å². The third-order valence-electron chi connectivity index (χ3n) is 6.70. The molecule has 0 spiro atoms.